The second kappa shape index (κ2) is 7.67. The van der Waals surface area contributed by atoms with E-state index in [1.54, 1.807) is 0 Å². The molecule has 5 nitrogen and oxygen atoms in total. The Morgan fingerprint density at radius 1 is 1.24 bits per heavy atom. The zero-order chi connectivity index (χ0) is 16.0. The molecule has 0 radical (unpaired) electrons. The van der Waals surface area contributed by atoms with E-state index in [-0.39, 0.29) is 18.4 Å². The molecule has 1 aromatic carbocycles. The lowest BCUT2D eigenvalue weighted by Gasteiger charge is -2.20. The van der Waals surface area contributed by atoms with Gasteiger partial charge in [-0.25, -0.2) is 4.79 Å². The Morgan fingerprint density at radius 3 is 2.48 bits per heavy atom. The number of hydrogen-bond donors (Lipinski definition) is 1. The van der Waals surface area contributed by atoms with Gasteiger partial charge in [0.15, 0.2) is 6.61 Å². The standard InChI is InChI=1S/C16H23NO4/c1-10(2)15(16(19)20-5)17-14(18)9-21-13-8-11(3)6-7-12(13)4/h6-8,10,15H,9H2,1-5H3,(H,17,18)/t15-/m0/s1. The van der Waals surface area contributed by atoms with Crippen molar-refractivity contribution in [1.82, 2.24) is 5.32 Å². The summed E-state index contributed by atoms with van der Waals surface area (Å²) < 4.78 is 10.2. The highest BCUT2D eigenvalue weighted by Gasteiger charge is 2.24. The number of methoxy groups -OCH3 is 1. The molecule has 21 heavy (non-hydrogen) atoms. The van der Waals surface area contributed by atoms with Gasteiger partial charge in [-0.2, -0.15) is 0 Å². The quantitative estimate of drug-likeness (QED) is 0.815. The van der Waals surface area contributed by atoms with Crippen molar-refractivity contribution in [2.75, 3.05) is 13.7 Å². The van der Waals surface area contributed by atoms with E-state index < -0.39 is 12.0 Å². The molecule has 0 spiro atoms. The van der Waals surface area contributed by atoms with Gasteiger partial charge < -0.3 is 14.8 Å². The van der Waals surface area contributed by atoms with Gasteiger partial charge in [-0.15, -0.1) is 0 Å². The number of nitrogens with one attached hydrogen (secondary N) is 1. The number of rotatable bonds is 6. The van der Waals surface area contributed by atoms with Crippen LogP contribution in [0.2, 0.25) is 0 Å². The molecule has 1 rings (SSSR count). The van der Waals surface area contributed by atoms with Gasteiger partial charge in [-0.05, 0) is 37.0 Å². The Balaban J connectivity index is 2.61. The van der Waals surface area contributed by atoms with Gasteiger partial charge in [0.1, 0.15) is 11.8 Å². The third-order valence-corrected chi connectivity index (χ3v) is 3.14. The number of hydrogen-bond acceptors (Lipinski definition) is 4. The van der Waals surface area contributed by atoms with Crippen LogP contribution in [0.25, 0.3) is 0 Å². The molecule has 0 fully saturated rings. The number of carbonyl (C=O) groups excluding carboxylic acids is 2. The number of benzene rings is 1. The lowest BCUT2D eigenvalue weighted by Crippen LogP contribution is -2.46. The molecule has 1 aromatic rings. The average Bonchev–Trinajstić information content (AvgIpc) is 2.44. The number of ether oxygens (including phenoxy) is 2. The Morgan fingerprint density at radius 2 is 1.90 bits per heavy atom. The molecule has 1 atom stereocenters. The van der Waals surface area contributed by atoms with Crippen LogP contribution in [-0.2, 0) is 14.3 Å². The minimum atomic E-state index is -0.662. The molecular weight excluding hydrogens is 270 g/mol. The van der Waals surface area contributed by atoms with Crippen molar-refractivity contribution in [2.24, 2.45) is 5.92 Å². The Bertz CT molecular complexity index is 511. The summed E-state index contributed by atoms with van der Waals surface area (Å²) in [6.07, 6.45) is 0. The molecule has 1 amide bonds. The lowest BCUT2D eigenvalue weighted by atomic mass is 10.0. The van der Waals surface area contributed by atoms with E-state index in [1.165, 1.54) is 7.11 Å². The molecule has 0 unspecified atom stereocenters. The summed E-state index contributed by atoms with van der Waals surface area (Å²) in [5.41, 5.74) is 2.02. The van der Waals surface area contributed by atoms with Crippen LogP contribution in [-0.4, -0.2) is 31.6 Å². The van der Waals surface area contributed by atoms with Crippen LogP contribution in [0.15, 0.2) is 18.2 Å². The highest BCUT2D eigenvalue weighted by atomic mass is 16.5. The van der Waals surface area contributed by atoms with E-state index >= 15 is 0 Å². The normalized spacial score (nSPS) is 11.9. The van der Waals surface area contributed by atoms with Crippen LogP contribution in [0, 0.1) is 19.8 Å². The van der Waals surface area contributed by atoms with E-state index in [0.29, 0.717) is 5.75 Å². The van der Waals surface area contributed by atoms with Crippen LogP contribution in [0.3, 0.4) is 0 Å². The molecule has 0 aliphatic heterocycles. The zero-order valence-corrected chi connectivity index (χ0v) is 13.2. The summed E-state index contributed by atoms with van der Waals surface area (Å²) in [6, 6.07) is 5.13. The minimum Gasteiger partial charge on any atom is -0.483 e. The van der Waals surface area contributed by atoms with Crippen molar-refractivity contribution in [1.29, 1.82) is 0 Å². The van der Waals surface area contributed by atoms with E-state index in [0.717, 1.165) is 11.1 Å². The number of carbonyl (C=O) groups is 2. The highest BCUT2D eigenvalue weighted by Crippen LogP contribution is 2.18. The minimum absolute atomic E-state index is 0.0536. The lowest BCUT2D eigenvalue weighted by molar-refractivity contribution is -0.146. The van der Waals surface area contributed by atoms with Crippen molar-refractivity contribution in [3.05, 3.63) is 29.3 Å². The van der Waals surface area contributed by atoms with Gasteiger partial charge >= 0.3 is 5.97 Å². The first-order chi connectivity index (χ1) is 9.85. The summed E-state index contributed by atoms with van der Waals surface area (Å²) in [7, 11) is 1.30. The van der Waals surface area contributed by atoms with E-state index in [2.05, 4.69) is 10.1 Å². The second-order valence-corrected chi connectivity index (χ2v) is 5.37. The highest BCUT2D eigenvalue weighted by molar-refractivity contribution is 5.85. The van der Waals surface area contributed by atoms with E-state index in [9.17, 15) is 9.59 Å². The van der Waals surface area contributed by atoms with Crippen LogP contribution in [0.4, 0.5) is 0 Å². The monoisotopic (exact) mass is 293 g/mol. The van der Waals surface area contributed by atoms with Crippen molar-refractivity contribution in [3.8, 4) is 5.75 Å². The summed E-state index contributed by atoms with van der Waals surface area (Å²) >= 11 is 0. The second-order valence-electron chi connectivity index (χ2n) is 5.37. The molecule has 0 saturated carbocycles. The van der Waals surface area contributed by atoms with Crippen molar-refractivity contribution >= 4 is 11.9 Å². The van der Waals surface area contributed by atoms with Gasteiger partial charge in [0.05, 0.1) is 7.11 Å². The van der Waals surface area contributed by atoms with Gasteiger partial charge in [-0.1, -0.05) is 26.0 Å². The zero-order valence-electron chi connectivity index (χ0n) is 13.2. The van der Waals surface area contributed by atoms with Crippen LogP contribution >= 0.6 is 0 Å². The van der Waals surface area contributed by atoms with Crippen LogP contribution in [0.5, 0.6) is 5.75 Å². The van der Waals surface area contributed by atoms with Crippen molar-refractivity contribution in [3.63, 3.8) is 0 Å². The maximum Gasteiger partial charge on any atom is 0.328 e. The molecule has 116 valence electrons. The third kappa shape index (κ3) is 5.10. The third-order valence-electron chi connectivity index (χ3n) is 3.14. The number of aryl methyl sites for hydroxylation is 2. The van der Waals surface area contributed by atoms with Crippen LogP contribution in [0.1, 0.15) is 25.0 Å². The molecule has 0 saturated heterocycles. The molecule has 0 aromatic heterocycles. The fraction of sp³-hybridized carbons (Fsp3) is 0.500. The predicted octanol–water partition coefficient (Wildman–Crippen LogP) is 2.00. The molecular formula is C16H23NO4. The Labute approximate surface area is 125 Å². The summed E-state index contributed by atoms with van der Waals surface area (Å²) in [5.74, 6) is -0.184. The molecule has 0 bridgehead atoms. The van der Waals surface area contributed by atoms with Gasteiger partial charge in [0.25, 0.3) is 5.91 Å². The summed E-state index contributed by atoms with van der Waals surface area (Å²) in [5, 5.41) is 2.63. The largest absolute Gasteiger partial charge is 0.483 e. The maximum absolute atomic E-state index is 11.9. The molecule has 5 heteroatoms. The van der Waals surface area contributed by atoms with Crippen LogP contribution < -0.4 is 10.1 Å². The first-order valence-electron chi connectivity index (χ1n) is 6.92. The van der Waals surface area contributed by atoms with Gasteiger partial charge in [-0.3, -0.25) is 4.79 Å². The number of amides is 1. The first-order valence-corrected chi connectivity index (χ1v) is 6.92. The SMILES string of the molecule is COC(=O)[C@@H](NC(=O)COc1cc(C)ccc1C)C(C)C. The summed E-state index contributed by atoms with van der Waals surface area (Å²) in [4.78, 5) is 23.5. The first kappa shape index (κ1) is 17.0. The fourth-order valence-corrected chi connectivity index (χ4v) is 1.85. The Kier molecular flexibility index (Phi) is 6.21. The summed E-state index contributed by atoms with van der Waals surface area (Å²) in [6.45, 7) is 7.42. The molecule has 0 aliphatic rings. The van der Waals surface area contributed by atoms with E-state index in [4.69, 9.17) is 4.74 Å². The smallest absolute Gasteiger partial charge is 0.328 e. The van der Waals surface area contributed by atoms with Gasteiger partial charge in [0.2, 0.25) is 0 Å². The fourth-order valence-electron chi connectivity index (χ4n) is 1.85. The van der Waals surface area contributed by atoms with Crippen molar-refractivity contribution in [2.45, 2.75) is 33.7 Å². The maximum atomic E-state index is 11.9. The topological polar surface area (TPSA) is 64.6 Å². The molecule has 0 aliphatic carbocycles. The predicted molar refractivity (Wildman–Crippen MR) is 80.2 cm³/mol. The Hall–Kier alpha value is -2.04. The van der Waals surface area contributed by atoms with Gasteiger partial charge in [0, 0.05) is 0 Å². The van der Waals surface area contributed by atoms with E-state index in [1.807, 2.05) is 45.9 Å². The van der Waals surface area contributed by atoms with Crippen molar-refractivity contribution < 1.29 is 19.1 Å². The molecule has 1 N–H and O–H groups in total. The molecule has 0 heterocycles. The number of esters is 1. The average molecular weight is 293 g/mol.